The van der Waals surface area contributed by atoms with Gasteiger partial charge >= 0.3 is 0 Å². The summed E-state index contributed by atoms with van der Waals surface area (Å²) in [7, 11) is 1.57. The molecule has 1 aliphatic rings. The molecule has 8 heteroatoms. The zero-order chi connectivity index (χ0) is 23.8. The van der Waals surface area contributed by atoms with Gasteiger partial charge in [0.25, 0.3) is 11.8 Å². The second-order valence-corrected chi connectivity index (χ2v) is 8.08. The average molecular weight is 464 g/mol. The maximum absolute atomic E-state index is 12.7. The van der Waals surface area contributed by atoms with Crippen molar-refractivity contribution in [3.63, 3.8) is 0 Å². The van der Waals surface area contributed by atoms with E-state index in [1.165, 1.54) is 0 Å². The van der Waals surface area contributed by atoms with E-state index in [1.54, 1.807) is 61.9 Å². The number of benzene rings is 2. The van der Waals surface area contributed by atoms with E-state index in [4.69, 9.17) is 13.9 Å². The van der Waals surface area contributed by atoms with Gasteiger partial charge in [0.05, 0.1) is 19.4 Å². The van der Waals surface area contributed by atoms with Gasteiger partial charge < -0.3 is 24.5 Å². The number of carbonyl (C=O) groups is 2. The highest BCUT2D eigenvalue weighted by Crippen LogP contribution is 2.25. The number of methoxy groups -OCH3 is 1. The van der Waals surface area contributed by atoms with Crippen molar-refractivity contribution < 1.29 is 23.5 Å². The molecule has 4 rings (SSSR count). The molecule has 2 amide bonds. The molecule has 0 radical (unpaired) electrons. The minimum atomic E-state index is -0.291. The molecule has 3 aromatic rings. The zero-order valence-electron chi connectivity index (χ0n) is 19.2. The number of furan rings is 1. The second kappa shape index (κ2) is 11.4. The molecule has 0 bridgehead atoms. The molecular formula is C26H29N3O5. The number of ether oxygens (including phenoxy) is 2. The summed E-state index contributed by atoms with van der Waals surface area (Å²) in [5.74, 6) is 1.56. The highest BCUT2D eigenvalue weighted by Gasteiger charge is 2.26. The van der Waals surface area contributed by atoms with E-state index >= 15 is 0 Å². The van der Waals surface area contributed by atoms with Crippen LogP contribution in [0.15, 0.2) is 71.3 Å². The number of amides is 2. The number of anilines is 1. The van der Waals surface area contributed by atoms with Crippen molar-refractivity contribution >= 4 is 17.5 Å². The Morgan fingerprint density at radius 2 is 1.82 bits per heavy atom. The number of nitrogens with zero attached hydrogens (tertiary/aromatic N) is 1. The minimum absolute atomic E-state index is 0.0205. The molecule has 8 nitrogen and oxygen atoms in total. The molecule has 1 fully saturated rings. The molecule has 0 saturated carbocycles. The van der Waals surface area contributed by atoms with Crippen molar-refractivity contribution in [2.24, 2.45) is 0 Å². The summed E-state index contributed by atoms with van der Waals surface area (Å²) in [6.45, 7) is 2.32. The molecule has 1 unspecified atom stereocenters. The summed E-state index contributed by atoms with van der Waals surface area (Å²) < 4.78 is 16.3. The molecule has 2 heterocycles. The third-order valence-corrected chi connectivity index (χ3v) is 5.75. The third kappa shape index (κ3) is 6.17. The number of rotatable bonds is 10. The molecule has 34 heavy (non-hydrogen) atoms. The Bertz CT molecular complexity index is 1080. The van der Waals surface area contributed by atoms with Crippen molar-refractivity contribution in [3.05, 3.63) is 78.3 Å². The monoisotopic (exact) mass is 463 g/mol. The molecule has 1 aliphatic heterocycles. The first kappa shape index (κ1) is 23.4. The maximum Gasteiger partial charge on any atom is 0.262 e. The Kier molecular flexibility index (Phi) is 7.83. The van der Waals surface area contributed by atoms with E-state index in [-0.39, 0.29) is 24.5 Å². The van der Waals surface area contributed by atoms with Gasteiger partial charge in [0.15, 0.2) is 6.61 Å². The summed E-state index contributed by atoms with van der Waals surface area (Å²) in [6.07, 6.45) is 3.98. The predicted molar refractivity (Wildman–Crippen MR) is 128 cm³/mol. The molecule has 0 spiro atoms. The van der Waals surface area contributed by atoms with E-state index in [1.807, 2.05) is 12.1 Å². The van der Waals surface area contributed by atoms with Crippen LogP contribution in [0.1, 0.15) is 35.0 Å². The molecule has 1 aromatic heterocycles. The number of hydrogen-bond donors (Lipinski definition) is 2. The number of likely N-dealkylation sites (tertiary alicyclic amines) is 1. The Labute approximate surface area is 198 Å². The molecule has 2 N–H and O–H groups in total. The highest BCUT2D eigenvalue weighted by atomic mass is 16.5. The maximum atomic E-state index is 12.7. The van der Waals surface area contributed by atoms with Crippen LogP contribution >= 0.6 is 0 Å². The van der Waals surface area contributed by atoms with E-state index in [0.29, 0.717) is 29.3 Å². The van der Waals surface area contributed by atoms with Gasteiger partial charge in [0.2, 0.25) is 0 Å². The van der Waals surface area contributed by atoms with Crippen LogP contribution in [0.25, 0.3) is 0 Å². The van der Waals surface area contributed by atoms with Gasteiger partial charge in [-0.2, -0.15) is 0 Å². The molecule has 0 aliphatic carbocycles. The Morgan fingerprint density at radius 1 is 1.03 bits per heavy atom. The fourth-order valence-corrected chi connectivity index (χ4v) is 3.98. The van der Waals surface area contributed by atoms with Gasteiger partial charge in [-0.05, 0) is 74.5 Å². The van der Waals surface area contributed by atoms with E-state index in [0.717, 1.165) is 31.7 Å². The lowest BCUT2D eigenvalue weighted by molar-refractivity contribution is -0.118. The van der Waals surface area contributed by atoms with Crippen molar-refractivity contribution in [2.45, 2.75) is 18.9 Å². The van der Waals surface area contributed by atoms with Crippen LogP contribution in [0.5, 0.6) is 11.5 Å². The first-order valence-electron chi connectivity index (χ1n) is 11.3. The number of hydrogen-bond acceptors (Lipinski definition) is 6. The van der Waals surface area contributed by atoms with Crippen molar-refractivity contribution in [1.29, 1.82) is 0 Å². The van der Waals surface area contributed by atoms with Crippen molar-refractivity contribution in [3.8, 4) is 11.5 Å². The van der Waals surface area contributed by atoms with Crippen LogP contribution in [0.3, 0.4) is 0 Å². The lowest BCUT2D eigenvalue weighted by Gasteiger charge is -2.26. The average Bonchev–Trinajstić information content (AvgIpc) is 3.59. The topological polar surface area (TPSA) is 93.0 Å². The van der Waals surface area contributed by atoms with Gasteiger partial charge in [-0.3, -0.25) is 14.5 Å². The van der Waals surface area contributed by atoms with Crippen LogP contribution in [-0.2, 0) is 4.79 Å². The minimum Gasteiger partial charge on any atom is -0.497 e. The van der Waals surface area contributed by atoms with Crippen LogP contribution in [0.4, 0.5) is 5.69 Å². The molecule has 2 aromatic carbocycles. The number of carbonyl (C=O) groups excluding carboxylic acids is 2. The molecule has 1 saturated heterocycles. The van der Waals surface area contributed by atoms with Gasteiger partial charge in [0.1, 0.15) is 17.3 Å². The first-order chi connectivity index (χ1) is 16.6. The Hall–Kier alpha value is -3.78. The van der Waals surface area contributed by atoms with Crippen molar-refractivity contribution in [1.82, 2.24) is 10.2 Å². The summed E-state index contributed by atoms with van der Waals surface area (Å²) in [5.41, 5.74) is 1.15. The first-order valence-corrected chi connectivity index (χ1v) is 11.3. The fraction of sp³-hybridized carbons (Fsp3) is 0.308. The smallest absolute Gasteiger partial charge is 0.262 e. The van der Waals surface area contributed by atoms with E-state index in [9.17, 15) is 9.59 Å². The SMILES string of the molecule is COc1cccc(NC(=O)COc2ccc(C(=O)NCC(c3ccco3)N3CCCC3)cc2)c1. The zero-order valence-corrected chi connectivity index (χ0v) is 19.2. The quantitative estimate of drug-likeness (QED) is 0.474. The molecular weight excluding hydrogens is 434 g/mol. The van der Waals surface area contributed by atoms with E-state index < -0.39 is 0 Å². The van der Waals surface area contributed by atoms with Crippen LogP contribution in [0.2, 0.25) is 0 Å². The normalized spacial score (nSPS) is 14.4. The summed E-state index contributed by atoms with van der Waals surface area (Å²) in [5, 5.41) is 5.77. The van der Waals surface area contributed by atoms with Gasteiger partial charge in [-0.1, -0.05) is 6.07 Å². The van der Waals surface area contributed by atoms with Crippen LogP contribution in [-0.4, -0.2) is 50.1 Å². The molecule has 178 valence electrons. The van der Waals surface area contributed by atoms with Crippen LogP contribution < -0.4 is 20.1 Å². The third-order valence-electron chi connectivity index (χ3n) is 5.75. The van der Waals surface area contributed by atoms with Crippen molar-refractivity contribution in [2.75, 3.05) is 38.7 Å². The second-order valence-electron chi connectivity index (χ2n) is 8.08. The summed E-state index contributed by atoms with van der Waals surface area (Å²) >= 11 is 0. The molecule has 1 atom stereocenters. The number of nitrogens with one attached hydrogen (secondary N) is 2. The van der Waals surface area contributed by atoms with Gasteiger partial charge in [-0.25, -0.2) is 0 Å². The van der Waals surface area contributed by atoms with Crippen LogP contribution in [0, 0.1) is 0 Å². The Morgan fingerprint density at radius 3 is 2.53 bits per heavy atom. The summed E-state index contributed by atoms with van der Waals surface area (Å²) in [4.78, 5) is 27.2. The van der Waals surface area contributed by atoms with E-state index in [2.05, 4.69) is 15.5 Å². The lowest BCUT2D eigenvalue weighted by Crippen LogP contribution is -2.36. The predicted octanol–water partition coefficient (Wildman–Crippen LogP) is 3.87. The van der Waals surface area contributed by atoms with Gasteiger partial charge in [0, 0.05) is 23.9 Å². The summed E-state index contributed by atoms with van der Waals surface area (Å²) in [6, 6.07) is 17.7. The largest absolute Gasteiger partial charge is 0.497 e. The fourth-order valence-electron chi connectivity index (χ4n) is 3.98. The lowest BCUT2D eigenvalue weighted by atomic mass is 10.1. The Balaban J connectivity index is 1.27. The standard InChI is InChI=1S/C26H29N3O5/c1-32-22-7-4-6-20(16-22)28-25(30)18-34-21-11-9-19(10-12-21)26(31)27-17-23(24-8-5-15-33-24)29-13-2-3-14-29/h4-12,15-16,23H,2-3,13-14,17-18H2,1H3,(H,27,31)(H,28,30). The highest BCUT2D eigenvalue weighted by molar-refractivity contribution is 5.94. The van der Waals surface area contributed by atoms with Gasteiger partial charge in [-0.15, -0.1) is 0 Å².